The summed E-state index contributed by atoms with van der Waals surface area (Å²) in [5.41, 5.74) is 4.55. The zero-order valence-electron chi connectivity index (χ0n) is 15.5. The molecular formula is C21H24Cl2N2O2. The van der Waals surface area contributed by atoms with Crippen molar-refractivity contribution < 1.29 is 9.53 Å². The topological polar surface area (TPSA) is 50.7 Å². The molecule has 0 saturated carbocycles. The van der Waals surface area contributed by atoms with Gasteiger partial charge in [-0.3, -0.25) is 4.79 Å². The summed E-state index contributed by atoms with van der Waals surface area (Å²) in [7, 11) is 0. The Morgan fingerprint density at radius 3 is 2.56 bits per heavy atom. The van der Waals surface area contributed by atoms with Gasteiger partial charge in [0.25, 0.3) is 0 Å². The third-order valence-corrected chi connectivity index (χ3v) is 4.25. The SMILES string of the molecule is CC(C)C/C(=N\NC(=O)CCCOc1ccc(Cl)cc1Cl)c1ccccc1. The van der Waals surface area contributed by atoms with Crippen LogP contribution in [-0.4, -0.2) is 18.2 Å². The zero-order chi connectivity index (χ0) is 19.6. The molecule has 0 aliphatic heterocycles. The maximum absolute atomic E-state index is 12.1. The van der Waals surface area contributed by atoms with E-state index in [1.807, 2.05) is 30.3 Å². The van der Waals surface area contributed by atoms with E-state index in [0.717, 1.165) is 17.7 Å². The molecule has 0 fully saturated rings. The maximum Gasteiger partial charge on any atom is 0.240 e. The average molecular weight is 407 g/mol. The van der Waals surface area contributed by atoms with Crippen LogP contribution >= 0.6 is 23.2 Å². The molecule has 1 amide bonds. The van der Waals surface area contributed by atoms with Gasteiger partial charge in [-0.15, -0.1) is 0 Å². The summed E-state index contributed by atoms with van der Waals surface area (Å²) >= 11 is 11.9. The van der Waals surface area contributed by atoms with E-state index in [1.54, 1.807) is 18.2 Å². The van der Waals surface area contributed by atoms with E-state index in [1.165, 1.54) is 0 Å². The summed E-state index contributed by atoms with van der Waals surface area (Å²) in [5.74, 6) is 0.860. The van der Waals surface area contributed by atoms with Gasteiger partial charge in [-0.25, -0.2) is 5.43 Å². The van der Waals surface area contributed by atoms with Crippen molar-refractivity contribution in [1.82, 2.24) is 5.43 Å². The highest BCUT2D eigenvalue weighted by atomic mass is 35.5. The molecule has 4 nitrogen and oxygen atoms in total. The Kier molecular flexibility index (Phi) is 8.62. The first-order chi connectivity index (χ1) is 13.0. The van der Waals surface area contributed by atoms with Crippen LogP contribution in [0.1, 0.15) is 38.7 Å². The molecule has 0 spiro atoms. The Labute approximate surface area is 170 Å². The van der Waals surface area contributed by atoms with Crippen molar-refractivity contribution in [2.24, 2.45) is 11.0 Å². The van der Waals surface area contributed by atoms with Gasteiger partial charge in [0.15, 0.2) is 0 Å². The molecule has 2 rings (SSSR count). The molecule has 0 radical (unpaired) electrons. The van der Waals surface area contributed by atoms with Crippen LogP contribution < -0.4 is 10.2 Å². The predicted octanol–water partition coefficient (Wildman–Crippen LogP) is 5.72. The third kappa shape index (κ3) is 7.61. The van der Waals surface area contributed by atoms with Gasteiger partial charge in [-0.05, 0) is 42.5 Å². The van der Waals surface area contributed by atoms with Crippen molar-refractivity contribution >= 4 is 34.8 Å². The van der Waals surface area contributed by atoms with Gasteiger partial charge in [0.05, 0.1) is 17.3 Å². The largest absolute Gasteiger partial charge is 0.492 e. The molecule has 0 aromatic heterocycles. The zero-order valence-corrected chi connectivity index (χ0v) is 17.1. The second-order valence-corrected chi connectivity index (χ2v) is 7.43. The first-order valence-electron chi connectivity index (χ1n) is 8.94. The average Bonchev–Trinajstić information content (AvgIpc) is 2.64. The van der Waals surface area contributed by atoms with Gasteiger partial charge in [0.2, 0.25) is 5.91 Å². The first kappa shape index (κ1) is 21.3. The van der Waals surface area contributed by atoms with E-state index < -0.39 is 0 Å². The number of nitrogens with zero attached hydrogens (tertiary/aromatic N) is 1. The normalized spacial score (nSPS) is 11.5. The molecule has 0 aliphatic rings. The van der Waals surface area contributed by atoms with Gasteiger partial charge in [0, 0.05) is 11.4 Å². The number of hydrogen-bond donors (Lipinski definition) is 1. The molecule has 1 N–H and O–H groups in total. The van der Waals surface area contributed by atoms with Crippen molar-refractivity contribution in [3.8, 4) is 5.75 Å². The number of hydrazone groups is 1. The van der Waals surface area contributed by atoms with E-state index >= 15 is 0 Å². The van der Waals surface area contributed by atoms with Crippen molar-refractivity contribution in [2.45, 2.75) is 33.1 Å². The molecule has 0 atom stereocenters. The van der Waals surface area contributed by atoms with E-state index in [9.17, 15) is 4.79 Å². The van der Waals surface area contributed by atoms with Gasteiger partial charge in [-0.1, -0.05) is 67.4 Å². The van der Waals surface area contributed by atoms with Crippen LogP contribution in [0.15, 0.2) is 53.6 Å². The highest BCUT2D eigenvalue weighted by Crippen LogP contribution is 2.27. The van der Waals surface area contributed by atoms with E-state index in [4.69, 9.17) is 27.9 Å². The summed E-state index contributed by atoms with van der Waals surface area (Å²) in [5, 5.41) is 5.35. The number of hydrogen-bond acceptors (Lipinski definition) is 3. The fourth-order valence-electron chi connectivity index (χ4n) is 2.44. The Morgan fingerprint density at radius 1 is 1.15 bits per heavy atom. The van der Waals surface area contributed by atoms with Crippen molar-refractivity contribution in [1.29, 1.82) is 0 Å². The minimum Gasteiger partial charge on any atom is -0.492 e. The van der Waals surface area contributed by atoms with Gasteiger partial charge in [-0.2, -0.15) is 5.10 Å². The molecule has 6 heteroatoms. The lowest BCUT2D eigenvalue weighted by molar-refractivity contribution is -0.121. The van der Waals surface area contributed by atoms with Crippen LogP contribution in [0.3, 0.4) is 0 Å². The fraction of sp³-hybridized carbons (Fsp3) is 0.333. The lowest BCUT2D eigenvalue weighted by Crippen LogP contribution is -2.21. The molecule has 0 aliphatic carbocycles. The van der Waals surface area contributed by atoms with Gasteiger partial charge in [0.1, 0.15) is 5.75 Å². The predicted molar refractivity (Wildman–Crippen MR) is 112 cm³/mol. The number of ether oxygens (including phenoxy) is 1. The molecule has 0 bridgehead atoms. The lowest BCUT2D eigenvalue weighted by Gasteiger charge is -2.10. The highest BCUT2D eigenvalue weighted by molar-refractivity contribution is 6.35. The number of benzene rings is 2. The lowest BCUT2D eigenvalue weighted by atomic mass is 10.0. The standard InChI is InChI=1S/C21H24Cl2N2O2/c1-15(2)13-19(16-7-4-3-5-8-16)24-25-21(26)9-6-12-27-20-11-10-17(22)14-18(20)23/h3-5,7-8,10-11,14-15H,6,9,12-13H2,1-2H3,(H,25,26)/b24-19+. The van der Waals surface area contributed by atoms with Crippen LogP contribution in [0.5, 0.6) is 5.75 Å². The summed E-state index contributed by atoms with van der Waals surface area (Å²) < 4.78 is 5.58. The van der Waals surface area contributed by atoms with Crippen molar-refractivity contribution in [3.63, 3.8) is 0 Å². The summed E-state index contributed by atoms with van der Waals surface area (Å²) in [6.45, 7) is 4.63. The number of amides is 1. The van der Waals surface area contributed by atoms with Crippen LogP contribution in [0.4, 0.5) is 0 Å². The summed E-state index contributed by atoms with van der Waals surface area (Å²) in [6, 6.07) is 14.9. The minimum absolute atomic E-state index is 0.141. The molecule has 0 saturated heterocycles. The quantitative estimate of drug-likeness (QED) is 0.328. The minimum atomic E-state index is -0.141. The van der Waals surface area contributed by atoms with Crippen LogP contribution in [-0.2, 0) is 4.79 Å². The third-order valence-electron chi connectivity index (χ3n) is 3.72. The first-order valence-corrected chi connectivity index (χ1v) is 9.70. The van der Waals surface area contributed by atoms with E-state index in [2.05, 4.69) is 24.4 Å². The molecular weight excluding hydrogens is 383 g/mol. The summed E-state index contributed by atoms with van der Waals surface area (Å²) in [6.07, 6.45) is 1.67. The second-order valence-electron chi connectivity index (χ2n) is 6.58. The smallest absolute Gasteiger partial charge is 0.240 e. The Balaban J connectivity index is 1.82. The monoisotopic (exact) mass is 406 g/mol. The molecule has 27 heavy (non-hydrogen) atoms. The number of rotatable bonds is 9. The Hall–Kier alpha value is -2.04. The van der Waals surface area contributed by atoms with Gasteiger partial charge < -0.3 is 4.74 Å². The molecule has 2 aromatic carbocycles. The number of nitrogens with one attached hydrogen (secondary N) is 1. The van der Waals surface area contributed by atoms with Gasteiger partial charge >= 0.3 is 0 Å². The fourth-order valence-corrected chi connectivity index (χ4v) is 2.90. The summed E-state index contributed by atoms with van der Waals surface area (Å²) in [4.78, 5) is 12.1. The number of carbonyl (C=O) groups is 1. The Bertz CT molecular complexity index is 777. The molecule has 144 valence electrons. The van der Waals surface area contributed by atoms with Crippen LogP contribution in [0.25, 0.3) is 0 Å². The number of halogens is 2. The van der Waals surface area contributed by atoms with Crippen LogP contribution in [0, 0.1) is 5.92 Å². The second kappa shape index (κ2) is 11.0. The van der Waals surface area contributed by atoms with Crippen molar-refractivity contribution in [3.05, 3.63) is 64.1 Å². The highest BCUT2D eigenvalue weighted by Gasteiger charge is 2.08. The molecule has 0 heterocycles. The van der Waals surface area contributed by atoms with Crippen LogP contribution in [0.2, 0.25) is 10.0 Å². The molecule has 2 aromatic rings. The van der Waals surface area contributed by atoms with E-state index in [-0.39, 0.29) is 5.91 Å². The van der Waals surface area contributed by atoms with Crippen molar-refractivity contribution in [2.75, 3.05) is 6.61 Å². The van der Waals surface area contributed by atoms with E-state index in [0.29, 0.717) is 41.2 Å². The number of carbonyl (C=O) groups excluding carboxylic acids is 1. The molecule has 0 unspecified atom stereocenters. The maximum atomic E-state index is 12.1. The Morgan fingerprint density at radius 2 is 1.89 bits per heavy atom.